The predicted octanol–water partition coefficient (Wildman–Crippen LogP) is 2.28. The van der Waals surface area contributed by atoms with Crippen molar-refractivity contribution in [3.05, 3.63) is 28.2 Å². The maximum atomic E-state index is 10.5. The van der Waals surface area contributed by atoms with Crippen molar-refractivity contribution in [2.24, 2.45) is 10.9 Å². The number of anilines is 1. The smallest absolute Gasteiger partial charge is 0.172 e. The van der Waals surface area contributed by atoms with Crippen LogP contribution in [0.1, 0.15) is 31.2 Å². The molecular weight excluding hydrogens is 322 g/mol. The van der Waals surface area contributed by atoms with Crippen molar-refractivity contribution in [3.63, 3.8) is 0 Å². The molecule has 0 spiro atoms. The zero-order chi connectivity index (χ0) is 14.8. The van der Waals surface area contributed by atoms with E-state index in [-0.39, 0.29) is 5.84 Å². The summed E-state index contributed by atoms with van der Waals surface area (Å²) in [6.07, 6.45) is 3.78. The van der Waals surface area contributed by atoms with Gasteiger partial charge in [0.1, 0.15) is 0 Å². The summed E-state index contributed by atoms with van der Waals surface area (Å²) in [5.74, 6) is 0.0674. The van der Waals surface area contributed by atoms with Crippen LogP contribution in [0.2, 0.25) is 0 Å². The first-order chi connectivity index (χ1) is 9.45. The summed E-state index contributed by atoms with van der Waals surface area (Å²) >= 11 is 3.43. The van der Waals surface area contributed by atoms with Gasteiger partial charge in [0.05, 0.1) is 5.60 Å². The highest BCUT2D eigenvalue weighted by atomic mass is 79.9. The highest BCUT2D eigenvalue weighted by molar-refractivity contribution is 9.10. The average molecular weight is 342 g/mol. The minimum atomic E-state index is -0.639. The molecule has 6 heteroatoms. The van der Waals surface area contributed by atoms with Crippen LogP contribution in [-0.2, 0) is 0 Å². The molecular formula is C14H20BrN3O2. The van der Waals surface area contributed by atoms with Gasteiger partial charge >= 0.3 is 0 Å². The number of rotatable bonds is 4. The van der Waals surface area contributed by atoms with Crippen LogP contribution in [0.4, 0.5) is 5.69 Å². The Balaban J connectivity index is 2.28. The number of halogens is 1. The fourth-order valence-corrected chi connectivity index (χ4v) is 3.16. The van der Waals surface area contributed by atoms with Crippen molar-refractivity contribution >= 4 is 27.5 Å². The molecule has 0 aromatic heterocycles. The van der Waals surface area contributed by atoms with Gasteiger partial charge in [0.15, 0.2) is 5.84 Å². The Morgan fingerprint density at radius 3 is 2.70 bits per heavy atom. The number of hydrogen-bond donors (Lipinski definition) is 3. The molecule has 1 saturated carbocycles. The van der Waals surface area contributed by atoms with Gasteiger partial charge in [-0.05, 0) is 31.0 Å². The van der Waals surface area contributed by atoms with E-state index in [1.807, 2.05) is 24.1 Å². The molecule has 1 aliphatic rings. The monoisotopic (exact) mass is 341 g/mol. The molecule has 0 unspecified atom stereocenters. The fourth-order valence-electron chi connectivity index (χ4n) is 2.81. The second-order valence-electron chi connectivity index (χ2n) is 5.43. The summed E-state index contributed by atoms with van der Waals surface area (Å²) in [6, 6.07) is 5.55. The van der Waals surface area contributed by atoms with Crippen LogP contribution in [0.25, 0.3) is 0 Å². The highest BCUT2D eigenvalue weighted by Crippen LogP contribution is 2.32. The number of nitrogens with zero attached hydrogens (tertiary/aromatic N) is 2. The average Bonchev–Trinajstić information content (AvgIpc) is 2.84. The number of nitrogens with two attached hydrogens (primary N) is 1. The Bertz CT molecular complexity index is 513. The van der Waals surface area contributed by atoms with Crippen molar-refractivity contribution in [3.8, 4) is 0 Å². The molecule has 4 N–H and O–H groups in total. The summed E-state index contributed by atoms with van der Waals surface area (Å²) in [6.45, 7) is 0.537. The third-order valence-corrected chi connectivity index (χ3v) is 4.31. The summed E-state index contributed by atoms with van der Waals surface area (Å²) in [5, 5.41) is 22.5. The van der Waals surface area contributed by atoms with Gasteiger partial charge < -0.3 is 20.9 Å². The van der Waals surface area contributed by atoms with Crippen LogP contribution in [0.3, 0.4) is 0 Å². The molecule has 0 amide bonds. The summed E-state index contributed by atoms with van der Waals surface area (Å²) in [4.78, 5) is 1.96. The molecule has 0 heterocycles. The van der Waals surface area contributed by atoms with Crippen molar-refractivity contribution in [2.45, 2.75) is 31.3 Å². The molecule has 5 nitrogen and oxygen atoms in total. The van der Waals surface area contributed by atoms with Crippen LogP contribution >= 0.6 is 15.9 Å². The van der Waals surface area contributed by atoms with Crippen LogP contribution in [0, 0.1) is 0 Å². The van der Waals surface area contributed by atoms with Crippen molar-refractivity contribution in [1.29, 1.82) is 0 Å². The fraction of sp³-hybridized carbons (Fsp3) is 0.500. The number of amidine groups is 1. The van der Waals surface area contributed by atoms with Gasteiger partial charge in [-0.3, -0.25) is 0 Å². The van der Waals surface area contributed by atoms with Crippen LogP contribution in [-0.4, -0.2) is 35.3 Å². The lowest BCUT2D eigenvalue weighted by Gasteiger charge is -2.31. The number of benzene rings is 1. The summed E-state index contributed by atoms with van der Waals surface area (Å²) in [5.41, 5.74) is 6.56. The zero-order valence-corrected chi connectivity index (χ0v) is 13.1. The largest absolute Gasteiger partial charge is 0.409 e. The molecule has 20 heavy (non-hydrogen) atoms. The number of likely N-dealkylation sites (N-methyl/N-ethyl adjacent to an activating group) is 1. The van der Waals surface area contributed by atoms with E-state index in [0.717, 1.165) is 35.8 Å². The van der Waals surface area contributed by atoms with Crippen LogP contribution in [0.5, 0.6) is 0 Å². The molecule has 0 saturated heterocycles. The van der Waals surface area contributed by atoms with E-state index >= 15 is 0 Å². The Labute approximate surface area is 127 Å². The third kappa shape index (κ3) is 3.24. The topological polar surface area (TPSA) is 82.1 Å². The SMILES string of the molecule is CN(CC1(O)CCCC1)c1cc(Br)ccc1/C(N)=N/O. The van der Waals surface area contributed by atoms with Gasteiger partial charge in [-0.2, -0.15) is 0 Å². The van der Waals surface area contributed by atoms with Gasteiger partial charge in [0, 0.05) is 29.3 Å². The van der Waals surface area contributed by atoms with E-state index < -0.39 is 5.60 Å². The molecule has 2 rings (SSSR count). The van der Waals surface area contributed by atoms with Gasteiger partial charge in [-0.1, -0.05) is 33.9 Å². The van der Waals surface area contributed by atoms with Crippen molar-refractivity contribution in [1.82, 2.24) is 0 Å². The first kappa shape index (κ1) is 15.1. The Kier molecular flexibility index (Phi) is 4.55. The molecule has 0 atom stereocenters. The van der Waals surface area contributed by atoms with Gasteiger partial charge in [-0.25, -0.2) is 0 Å². The van der Waals surface area contributed by atoms with Crippen molar-refractivity contribution < 1.29 is 10.3 Å². The van der Waals surface area contributed by atoms with E-state index in [9.17, 15) is 5.11 Å². The van der Waals surface area contributed by atoms with Gasteiger partial charge in [0.25, 0.3) is 0 Å². The molecule has 1 fully saturated rings. The molecule has 0 aliphatic heterocycles. The summed E-state index contributed by atoms with van der Waals surface area (Å²) < 4.78 is 0.909. The Morgan fingerprint density at radius 1 is 1.45 bits per heavy atom. The van der Waals surface area contributed by atoms with Gasteiger partial charge in [-0.15, -0.1) is 0 Å². The Hall–Kier alpha value is -1.27. The second-order valence-corrected chi connectivity index (χ2v) is 6.35. The Morgan fingerprint density at radius 2 is 2.10 bits per heavy atom. The molecule has 0 radical (unpaired) electrons. The lowest BCUT2D eigenvalue weighted by molar-refractivity contribution is 0.0559. The van der Waals surface area contributed by atoms with E-state index in [1.165, 1.54) is 0 Å². The quantitative estimate of drug-likeness (QED) is 0.339. The van der Waals surface area contributed by atoms with Crippen molar-refractivity contribution in [2.75, 3.05) is 18.5 Å². The second kappa shape index (κ2) is 6.01. The molecule has 0 bridgehead atoms. The molecule has 1 aromatic carbocycles. The van der Waals surface area contributed by atoms with E-state index in [2.05, 4.69) is 21.1 Å². The van der Waals surface area contributed by atoms with Crippen LogP contribution in [0.15, 0.2) is 27.8 Å². The predicted molar refractivity (Wildman–Crippen MR) is 83.3 cm³/mol. The first-order valence-corrected chi connectivity index (χ1v) is 7.45. The number of hydrogen-bond acceptors (Lipinski definition) is 4. The maximum Gasteiger partial charge on any atom is 0.172 e. The molecule has 110 valence electrons. The zero-order valence-electron chi connectivity index (χ0n) is 11.5. The first-order valence-electron chi connectivity index (χ1n) is 6.66. The van der Waals surface area contributed by atoms with E-state index in [1.54, 1.807) is 6.07 Å². The lowest BCUT2D eigenvalue weighted by Crippen LogP contribution is -2.40. The minimum absolute atomic E-state index is 0.0674. The summed E-state index contributed by atoms with van der Waals surface area (Å²) in [7, 11) is 1.91. The molecule has 1 aliphatic carbocycles. The maximum absolute atomic E-state index is 10.5. The standard InChI is InChI=1S/C14H20BrN3O2/c1-18(9-14(19)6-2-3-7-14)12-8-10(15)4-5-11(12)13(16)17-20/h4-5,8,19-20H,2-3,6-7,9H2,1H3,(H2,16,17). The lowest BCUT2D eigenvalue weighted by atomic mass is 10.0. The van der Waals surface area contributed by atoms with E-state index in [0.29, 0.717) is 12.1 Å². The van der Waals surface area contributed by atoms with E-state index in [4.69, 9.17) is 10.9 Å². The number of aliphatic hydroxyl groups is 1. The highest BCUT2D eigenvalue weighted by Gasteiger charge is 2.32. The van der Waals surface area contributed by atoms with Crippen LogP contribution < -0.4 is 10.6 Å². The normalized spacial score (nSPS) is 18.2. The molecule has 1 aromatic rings. The minimum Gasteiger partial charge on any atom is -0.409 e. The third-order valence-electron chi connectivity index (χ3n) is 3.82. The van der Waals surface area contributed by atoms with Gasteiger partial charge in [0.2, 0.25) is 0 Å². The number of oxime groups is 1.